The highest BCUT2D eigenvalue weighted by atomic mass is 32.2. The normalized spacial score (nSPS) is 17.0. The Hall–Kier alpha value is -1.70. The fourth-order valence-electron chi connectivity index (χ4n) is 3.14. The second-order valence-electron chi connectivity index (χ2n) is 6.75. The van der Waals surface area contributed by atoms with Gasteiger partial charge in [-0.15, -0.1) is 11.3 Å². The Labute approximate surface area is 160 Å². The summed E-state index contributed by atoms with van der Waals surface area (Å²) in [6, 6.07) is 6.76. The number of nitrogen functional groups attached to an aromatic ring is 1. The van der Waals surface area contributed by atoms with Gasteiger partial charge in [0.2, 0.25) is 0 Å². The van der Waals surface area contributed by atoms with E-state index in [9.17, 15) is 4.39 Å². The number of fused-ring (bicyclic) bond motifs is 3. The Kier molecular flexibility index (Phi) is 4.86. The molecular weight excluding hydrogens is 369 g/mol. The summed E-state index contributed by atoms with van der Waals surface area (Å²) in [4.78, 5) is 11.2. The lowest BCUT2D eigenvalue weighted by Crippen LogP contribution is -2.26. The summed E-state index contributed by atoms with van der Waals surface area (Å²) >= 11 is 3.02. The molecule has 1 aliphatic rings. The zero-order chi connectivity index (χ0) is 18.3. The number of thiophene rings is 1. The van der Waals surface area contributed by atoms with Gasteiger partial charge >= 0.3 is 0 Å². The Morgan fingerprint density at radius 2 is 2.15 bits per heavy atom. The molecule has 0 radical (unpaired) electrons. The van der Waals surface area contributed by atoms with Crippen molar-refractivity contribution in [3.8, 4) is 0 Å². The van der Waals surface area contributed by atoms with Gasteiger partial charge in [0.15, 0.2) is 5.16 Å². The maximum Gasteiger partial charge on any atom is 0.191 e. The van der Waals surface area contributed by atoms with Crippen LogP contribution in [0.25, 0.3) is 10.2 Å². The number of hydrogen-bond donors (Lipinski definition) is 1. The molecule has 0 bridgehead atoms. The molecule has 0 amide bonds. The van der Waals surface area contributed by atoms with Crippen molar-refractivity contribution in [1.82, 2.24) is 9.97 Å². The molecule has 1 aliphatic heterocycles. The SMILES string of the molecule is CC(C)C1Cc2c(sc3nc(SCc4ccccc4F)nc(N)c23)CO1. The van der Waals surface area contributed by atoms with Gasteiger partial charge in [0.1, 0.15) is 16.5 Å². The molecule has 3 heterocycles. The zero-order valence-electron chi connectivity index (χ0n) is 14.7. The Bertz CT molecular complexity index is 957. The minimum atomic E-state index is -0.211. The fraction of sp³-hybridized carbons (Fsp3) is 0.368. The van der Waals surface area contributed by atoms with Crippen molar-refractivity contribution in [3.63, 3.8) is 0 Å². The third-order valence-electron chi connectivity index (χ3n) is 4.63. The lowest BCUT2D eigenvalue weighted by molar-refractivity contribution is 0.00203. The van der Waals surface area contributed by atoms with Gasteiger partial charge in [-0.1, -0.05) is 43.8 Å². The first-order chi connectivity index (χ1) is 12.5. The highest BCUT2D eigenvalue weighted by molar-refractivity contribution is 7.98. The number of benzene rings is 1. The fourth-order valence-corrected chi connectivity index (χ4v) is 5.16. The van der Waals surface area contributed by atoms with Gasteiger partial charge in [-0.25, -0.2) is 14.4 Å². The van der Waals surface area contributed by atoms with Gasteiger partial charge in [-0.05, 0) is 23.1 Å². The van der Waals surface area contributed by atoms with Crippen molar-refractivity contribution in [2.24, 2.45) is 5.92 Å². The van der Waals surface area contributed by atoms with Crippen LogP contribution < -0.4 is 5.73 Å². The van der Waals surface area contributed by atoms with E-state index in [2.05, 4.69) is 23.8 Å². The molecular formula is C19H20FN3OS2. The zero-order valence-corrected chi connectivity index (χ0v) is 16.3. The molecule has 1 unspecified atom stereocenters. The van der Waals surface area contributed by atoms with Crippen molar-refractivity contribution in [3.05, 3.63) is 46.1 Å². The van der Waals surface area contributed by atoms with Gasteiger partial charge in [-0.3, -0.25) is 0 Å². The molecule has 3 aromatic rings. The number of anilines is 1. The number of thioether (sulfide) groups is 1. The van der Waals surface area contributed by atoms with Crippen LogP contribution in [0.2, 0.25) is 0 Å². The number of nitrogens with zero attached hydrogens (tertiary/aromatic N) is 2. The summed E-state index contributed by atoms with van der Waals surface area (Å²) in [6.45, 7) is 4.94. The van der Waals surface area contributed by atoms with Crippen LogP contribution in [0, 0.1) is 11.7 Å². The summed E-state index contributed by atoms with van der Waals surface area (Å²) in [5, 5.41) is 1.55. The smallest absolute Gasteiger partial charge is 0.191 e. The van der Waals surface area contributed by atoms with E-state index in [-0.39, 0.29) is 11.9 Å². The first kappa shape index (κ1) is 17.7. The van der Waals surface area contributed by atoms with Crippen LogP contribution in [0.3, 0.4) is 0 Å². The number of halogens is 1. The minimum absolute atomic E-state index is 0.204. The lowest BCUT2D eigenvalue weighted by atomic mass is 9.96. The maximum absolute atomic E-state index is 13.8. The van der Waals surface area contributed by atoms with E-state index in [4.69, 9.17) is 10.5 Å². The van der Waals surface area contributed by atoms with Crippen LogP contribution in [0.15, 0.2) is 29.4 Å². The quantitative estimate of drug-likeness (QED) is 0.513. The van der Waals surface area contributed by atoms with Crippen LogP contribution in [0.5, 0.6) is 0 Å². The molecule has 4 rings (SSSR count). The minimum Gasteiger partial charge on any atom is -0.383 e. The average molecular weight is 390 g/mol. The average Bonchev–Trinajstić information content (AvgIpc) is 2.99. The number of nitrogens with two attached hydrogens (primary N) is 1. The van der Waals surface area contributed by atoms with Crippen molar-refractivity contribution < 1.29 is 9.13 Å². The summed E-state index contributed by atoms with van der Waals surface area (Å²) in [7, 11) is 0. The second-order valence-corrected chi connectivity index (χ2v) is 8.78. The monoisotopic (exact) mass is 389 g/mol. The first-order valence-corrected chi connectivity index (χ1v) is 10.4. The van der Waals surface area contributed by atoms with Crippen molar-refractivity contribution in [2.45, 2.75) is 43.9 Å². The third-order valence-corrected chi connectivity index (χ3v) is 6.63. The number of hydrogen-bond acceptors (Lipinski definition) is 6. The van der Waals surface area contributed by atoms with Crippen molar-refractivity contribution in [2.75, 3.05) is 5.73 Å². The van der Waals surface area contributed by atoms with Crippen LogP contribution in [0.1, 0.15) is 29.9 Å². The van der Waals surface area contributed by atoms with Crippen LogP contribution in [-0.4, -0.2) is 16.1 Å². The number of rotatable bonds is 4. The largest absolute Gasteiger partial charge is 0.383 e. The van der Waals surface area contributed by atoms with Crippen molar-refractivity contribution in [1.29, 1.82) is 0 Å². The van der Waals surface area contributed by atoms with Crippen molar-refractivity contribution >= 4 is 39.1 Å². The van der Waals surface area contributed by atoms with E-state index < -0.39 is 0 Å². The van der Waals surface area contributed by atoms with Gasteiger partial charge in [0.25, 0.3) is 0 Å². The summed E-state index contributed by atoms with van der Waals surface area (Å²) in [5.74, 6) is 1.22. The molecule has 2 aromatic heterocycles. The van der Waals surface area contributed by atoms with Crippen LogP contribution in [0.4, 0.5) is 10.2 Å². The molecule has 0 spiro atoms. The number of aromatic nitrogens is 2. The summed E-state index contributed by atoms with van der Waals surface area (Å²) in [6.07, 6.45) is 1.05. The molecule has 4 nitrogen and oxygen atoms in total. The summed E-state index contributed by atoms with van der Waals surface area (Å²) < 4.78 is 19.7. The van der Waals surface area contributed by atoms with E-state index in [1.54, 1.807) is 23.5 Å². The predicted molar refractivity (Wildman–Crippen MR) is 105 cm³/mol. The van der Waals surface area contributed by atoms with E-state index >= 15 is 0 Å². The highest BCUT2D eigenvalue weighted by Crippen LogP contribution is 2.39. The number of ether oxygens (including phenoxy) is 1. The van der Waals surface area contributed by atoms with Crippen LogP contribution >= 0.6 is 23.1 Å². The standard InChI is InChI=1S/C19H20FN3OS2/c1-10(2)14-7-12-15(8-24-14)26-18-16(12)17(21)22-19(23-18)25-9-11-5-3-4-6-13(11)20/h3-6,10,14H,7-9H2,1-2H3,(H2,21,22,23). The molecule has 0 fully saturated rings. The van der Waals surface area contributed by atoms with Gasteiger partial charge in [0.05, 0.1) is 18.1 Å². The van der Waals surface area contributed by atoms with Gasteiger partial charge < -0.3 is 10.5 Å². The molecule has 1 atom stereocenters. The lowest BCUT2D eigenvalue weighted by Gasteiger charge is -2.26. The van der Waals surface area contributed by atoms with E-state index in [0.717, 1.165) is 16.6 Å². The molecule has 0 aliphatic carbocycles. The highest BCUT2D eigenvalue weighted by Gasteiger charge is 2.27. The Balaban J connectivity index is 1.63. The second kappa shape index (κ2) is 7.13. The van der Waals surface area contributed by atoms with Gasteiger partial charge in [0, 0.05) is 17.1 Å². The molecule has 0 saturated heterocycles. The Morgan fingerprint density at radius 3 is 2.92 bits per heavy atom. The van der Waals surface area contributed by atoms with E-state index in [1.165, 1.54) is 28.3 Å². The molecule has 136 valence electrons. The molecule has 1 aromatic carbocycles. The molecule has 7 heteroatoms. The topological polar surface area (TPSA) is 61.0 Å². The first-order valence-electron chi connectivity index (χ1n) is 8.58. The molecule has 0 saturated carbocycles. The van der Waals surface area contributed by atoms with E-state index in [0.29, 0.717) is 34.8 Å². The van der Waals surface area contributed by atoms with Gasteiger partial charge in [-0.2, -0.15) is 0 Å². The maximum atomic E-state index is 13.8. The summed E-state index contributed by atoms with van der Waals surface area (Å²) in [5.41, 5.74) is 8.15. The van der Waals surface area contributed by atoms with Crippen LogP contribution in [-0.2, 0) is 23.5 Å². The third kappa shape index (κ3) is 3.31. The molecule has 2 N–H and O–H groups in total. The van der Waals surface area contributed by atoms with E-state index in [1.807, 2.05) is 6.07 Å². The predicted octanol–water partition coefficient (Wildman–Crippen LogP) is 4.80. The molecule has 26 heavy (non-hydrogen) atoms. The Morgan fingerprint density at radius 1 is 1.35 bits per heavy atom.